The minimum Gasteiger partial charge on any atom is -0.366 e. The van der Waals surface area contributed by atoms with Crippen molar-refractivity contribution in [2.24, 2.45) is 5.73 Å². The second-order valence-electron chi connectivity index (χ2n) is 4.60. The Balaban J connectivity index is 3.56. The van der Waals surface area contributed by atoms with Crippen molar-refractivity contribution in [1.82, 2.24) is 0 Å². The third kappa shape index (κ3) is 2.38. The lowest BCUT2D eigenvalue weighted by Crippen LogP contribution is -2.16. The van der Waals surface area contributed by atoms with Crippen LogP contribution in [0, 0.1) is 0 Å². The Labute approximate surface area is 102 Å². The molecule has 0 saturated heterocycles. The molecule has 0 aromatic heterocycles. The predicted octanol–water partition coefficient (Wildman–Crippen LogP) is 3.69. The topological polar surface area (TPSA) is 43.1 Å². The summed E-state index contributed by atoms with van der Waals surface area (Å²) in [6.07, 6.45) is 0. The molecule has 0 saturated carbocycles. The van der Waals surface area contributed by atoms with Gasteiger partial charge in [-0.05, 0) is 35.1 Å². The molecule has 0 heterocycles. The fraction of sp³-hybridized carbons (Fsp3) is 0.462. The Morgan fingerprint density at radius 1 is 1.12 bits per heavy atom. The highest BCUT2D eigenvalue weighted by Gasteiger charge is 2.19. The zero-order valence-electron chi connectivity index (χ0n) is 10.2. The van der Waals surface area contributed by atoms with E-state index in [1.807, 2.05) is 13.8 Å². The number of nitrogens with two attached hydrogens (primary N) is 1. The summed E-state index contributed by atoms with van der Waals surface area (Å²) in [6, 6.07) is 3.47. The fourth-order valence-corrected chi connectivity index (χ4v) is 2.42. The Bertz CT molecular complexity index is 411. The van der Waals surface area contributed by atoms with Crippen LogP contribution in [0.4, 0.5) is 0 Å². The van der Waals surface area contributed by atoms with Gasteiger partial charge in [0.1, 0.15) is 0 Å². The normalized spacial score (nSPS) is 11.2. The quantitative estimate of drug-likeness (QED) is 0.859. The lowest BCUT2D eigenvalue weighted by atomic mass is 9.86. The van der Waals surface area contributed by atoms with Gasteiger partial charge in [-0.25, -0.2) is 0 Å². The van der Waals surface area contributed by atoms with Crippen LogP contribution in [-0.4, -0.2) is 5.91 Å². The summed E-state index contributed by atoms with van der Waals surface area (Å²) in [4.78, 5) is 11.4. The maximum Gasteiger partial charge on any atom is 0.248 e. The van der Waals surface area contributed by atoms with Gasteiger partial charge in [0.15, 0.2) is 0 Å². The lowest BCUT2D eigenvalue weighted by molar-refractivity contribution is 0.0999. The van der Waals surface area contributed by atoms with Gasteiger partial charge in [0, 0.05) is 10.6 Å². The van der Waals surface area contributed by atoms with Gasteiger partial charge < -0.3 is 5.73 Å². The average molecular weight is 240 g/mol. The SMILES string of the molecule is CC(C)c1c(Cl)ccc(C(N)=O)c1C(C)C. The number of rotatable bonds is 3. The third-order valence-electron chi connectivity index (χ3n) is 2.65. The molecule has 0 aliphatic heterocycles. The molecule has 1 aromatic carbocycles. The zero-order chi connectivity index (χ0) is 12.5. The number of benzene rings is 1. The van der Waals surface area contributed by atoms with Gasteiger partial charge >= 0.3 is 0 Å². The van der Waals surface area contributed by atoms with Crippen LogP contribution in [0.3, 0.4) is 0 Å². The van der Waals surface area contributed by atoms with E-state index in [9.17, 15) is 4.79 Å². The second kappa shape index (κ2) is 4.88. The molecular weight excluding hydrogens is 222 g/mol. The molecule has 2 N–H and O–H groups in total. The van der Waals surface area contributed by atoms with E-state index in [-0.39, 0.29) is 17.7 Å². The standard InChI is InChI=1S/C13H18ClNO/c1-7(2)11-9(13(15)16)5-6-10(14)12(11)8(3)4/h5-8H,1-4H3,(H2,15,16). The summed E-state index contributed by atoms with van der Waals surface area (Å²) < 4.78 is 0. The first-order chi connectivity index (χ1) is 7.36. The maximum atomic E-state index is 11.4. The number of hydrogen-bond donors (Lipinski definition) is 1. The van der Waals surface area contributed by atoms with Crippen LogP contribution in [-0.2, 0) is 0 Å². The molecule has 1 aromatic rings. The van der Waals surface area contributed by atoms with Crippen LogP contribution < -0.4 is 5.73 Å². The molecule has 0 aliphatic carbocycles. The van der Waals surface area contributed by atoms with Crippen LogP contribution in [0.1, 0.15) is 61.0 Å². The first kappa shape index (κ1) is 13.0. The van der Waals surface area contributed by atoms with Crippen molar-refractivity contribution in [3.8, 4) is 0 Å². The number of primary amides is 1. The first-order valence-electron chi connectivity index (χ1n) is 5.48. The van der Waals surface area contributed by atoms with E-state index in [1.165, 1.54) is 0 Å². The van der Waals surface area contributed by atoms with Crippen molar-refractivity contribution in [3.63, 3.8) is 0 Å². The van der Waals surface area contributed by atoms with E-state index in [0.29, 0.717) is 10.6 Å². The van der Waals surface area contributed by atoms with E-state index in [2.05, 4.69) is 13.8 Å². The summed E-state index contributed by atoms with van der Waals surface area (Å²) in [5.41, 5.74) is 7.99. The highest BCUT2D eigenvalue weighted by atomic mass is 35.5. The molecule has 16 heavy (non-hydrogen) atoms. The molecule has 1 rings (SSSR count). The molecule has 88 valence electrons. The van der Waals surface area contributed by atoms with Crippen molar-refractivity contribution in [2.75, 3.05) is 0 Å². The van der Waals surface area contributed by atoms with Crippen molar-refractivity contribution < 1.29 is 4.79 Å². The molecule has 3 heteroatoms. The molecule has 0 unspecified atom stereocenters. The van der Waals surface area contributed by atoms with E-state index in [4.69, 9.17) is 17.3 Å². The summed E-state index contributed by atoms with van der Waals surface area (Å²) in [6.45, 7) is 8.23. The monoisotopic (exact) mass is 239 g/mol. The third-order valence-corrected chi connectivity index (χ3v) is 2.98. The van der Waals surface area contributed by atoms with Crippen LogP contribution >= 0.6 is 11.6 Å². The van der Waals surface area contributed by atoms with Crippen LogP contribution in [0.2, 0.25) is 5.02 Å². The van der Waals surface area contributed by atoms with E-state index in [0.717, 1.165) is 11.1 Å². The van der Waals surface area contributed by atoms with Gasteiger partial charge in [-0.1, -0.05) is 39.3 Å². The predicted molar refractivity (Wildman–Crippen MR) is 68.1 cm³/mol. The highest BCUT2D eigenvalue weighted by molar-refractivity contribution is 6.31. The Kier molecular flexibility index (Phi) is 3.98. The van der Waals surface area contributed by atoms with Crippen molar-refractivity contribution in [3.05, 3.63) is 33.8 Å². The minimum absolute atomic E-state index is 0.235. The molecule has 2 nitrogen and oxygen atoms in total. The minimum atomic E-state index is -0.387. The molecular formula is C13H18ClNO. The molecule has 0 aliphatic rings. The smallest absolute Gasteiger partial charge is 0.248 e. The van der Waals surface area contributed by atoms with Crippen LogP contribution in [0.15, 0.2) is 12.1 Å². The van der Waals surface area contributed by atoms with Gasteiger partial charge in [0.05, 0.1) is 0 Å². The number of carbonyl (C=O) groups excluding carboxylic acids is 1. The Morgan fingerprint density at radius 2 is 1.62 bits per heavy atom. The molecule has 0 spiro atoms. The molecule has 1 amide bonds. The maximum absolute atomic E-state index is 11.4. The van der Waals surface area contributed by atoms with E-state index in [1.54, 1.807) is 12.1 Å². The van der Waals surface area contributed by atoms with Crippen molar-refractivity contribution in [2.45, 2.75) is 39.5 Å². The molecule has 0 atom stereocenters. The van der Waals surface area contributed by atoms with Gasteiger partial charge in [0.2, 0.25) is 5.91 Å². The van der Waals surface area contributed by atoms with Gasteiger partial charge in [0.25, 0.3) is 0 Å². The van der Waals surface area contributed by atoms with Crippen LogP contribution in [0.5, 0.6) is 0 Å². The molecule has 0 radical (unpaired) electrons. The fourth-order valence-electron chi connectivity index (χ4n) is 2.03. The largest absolute Gasteiger partial charge is 0.366 e. The van der Waals surface area contributed by atoms with Crippen molar-refractivity contribution >= 4 is 17.5 Å². The summed E-state index contributed by atoms with van der Waals surface area (Å²) in [7, 11) is 0. The highest BCUT2D eigenvalue weighted by Crippen LogP contribution is 2.34. The average Bonchev–Trinajstić information content (AvgIpc) is 2.15. The zero-order valence-corrected chi connectivity index (χ0v) is 10.9. The number of carbonyl (C=O) groups is 1. The number of hydrogen-bond acceptors (Lipinski definition) is 1. The van der Waals surface area contributed by atoms with Gasteiger partial charge in [-0.2, -0.15) is 0 Å². The molecule has 0 fully saturated rings. The Morgan fingerprint density at radius 3 is 2.00 bits per heavy atom. The number of amides is 1. The van der Waals surface area contributed by atoms with E-state index < -0.39 is 0 Å². The Hall–Kier alpha value is -1.02. The second-order valence-corrected chi connectivity index (χ2v) is 5.00. The first-order valence-corrected chi connectivity index (χ1v) is 5.86. The van der Waals surface area contributed by atoms with E-state index >= 15 is 0 Å². The van der Waals surface area contributed by atoms with Crippen molar-refractivity contribution in [1.29, 1.82) is 0 Å². The lowest BCUT2D eigenvalue weighted by Gasteiger charge is -2.20. The summed E-state index contributed by atoms with van der Waals surface area (Å²) >= 11 is 6.19. The summed E-state index contributed by atoms with van der Waals surface area (Å²) in [5.74, 6) is 0.130. The van der Waals surface area contributed by atoms with Gasteiger partial charge in [-0.15, -0.1) is 0 Å². The summed E-state index contributed by atoms with van der Waals surface area (Å²) in [5, 5.41) is 0.712. The number of halogens is 1. The molecule has 0 bridgehead atoms. The van der Waals surface area contributed by atoms with Crippen LogP contribution in [0.25, 0.3) is 0 Å². The van der Waals surface area contributed by atoms with Gasteiger partial charge in [-0.3, -0.25) is 4.79 Å².